The van der Waals surface area contributed by atoms with Crippen molar-refractivity contribution in [2.24, 2.45) is 0 Å². The Morgan fingerprint density at radius 2 is 2.00 bits per heavy atom. The molecule has 0 bridgehead atoms. The molecule has 0 saturated heterocycles. The molecular formula is C15H23ClN2O3SSi. The van der Waals surface area contributed by atoms with Crippen molar-refractivity contribution in [3.63, 3.8) is 0 Å². The fraction of sp³-hybridized carbons (Fsp3) is 0.533. The molecule has 23 heavy (non-hydrogen) atoms. The van der Waals surface area contributed by atoms with Crippen LogP contribution in [-0.4, -0.2) is 38.4 Å². The Hall–Kier alpha value is -0.893. The molecule has 1 aromatic carbocycles. The number of ether oxygens (including phenoxy) is 1. The van der Waals surface area contributed by atoms with Crippen molar-refractivity contribution in [1.82, 2.24) is 9.55 Å². The summed E-state index contributed by atoms with van der Waals surface area (Å²) in [5.41, 5.74) is 1.34. The van der Waals surface area contributed by atoms with E-state index in [9.17, 15) is 8.42 Å². The molecule has 8 heteroatoms. The Bertz CT molecular complexity index is 797. The first kappa shape index (κ1) is 18.4. The lowest BCUT2D eigenvalue weighted by Crippen LogP contribution is -2.22. The zero-order valence-corrected chi connectivity index (χ0v) is 16.5. The maximum absolute atomic E-state index is 12.0. The van der Waals surface area contributed by atoms with E-state index in [-0.39, 0.29) is 10.6 Å². The summed E-state index contributed by atoms with van der Waals surface area (Å²) in [7, 11) is -4.38. The SMILES string of the molecule is CCS(=O)(=O)c1ccc2c(c1)nc(Cl)n2COCC[Si](C)(C)C. The van der Waals surface area contributed by atoms with Gasteiger partial charge in [0.2, 0.25) is 5.28 Å². The Kier molecular flexibility index (Phi) is 5.55. The predicted molar refractivity (Wildman–Crippen MR) is 96.6 cm³/mol. The molecule has 128 valence electrons. The van der Waals surface area contributed by atoms with E-state index in [1.54, 1.807) is 29.7 Å². The van der Waals surface area contributed by atoms with Gasteiger partial charge in [-0.1, -0.05) is 26.6 Å². The van der Waals surface area contributed by atoms with Crippen LogP contribution in [0.4, 0.5) is 0 Å². The van der Waals surface area contributed by atoms with Gasteiger partial charge in [0.15, 0.2) is 9.84 Å². The lowest BCUT2D eigenvalue weighted by atomic mass is 10.3. The summed E-state index contributed by atoms with van der Waals surface area (Å²) in [6.07, 6.45) is 0. The van der Waals surface area contributed by atoms with Gasteiger partial charge < -0.3 is 4.74 Å². The summed E-state index contributed by atoms with van der Waals surface area (Å²) in [6.45, 7) is 9.52. The Morgan fingerprint density at radius 1 is 1.30 bits per heavy atom. The van der Waals surface area contributed by atoms with Crippen LogP contribution in [0.2, 0.25) is 31.0 Å². The number of aromatic nitrogens is 2. The Balaban J connectivity index is 2.20. The first-order chi connectivity index (χ1) is 10.6. The normalized spacial score (nSPS) is 12.9. The van der Waals surface area contributed by atoms with E-state index in [1.165, 1.54) is 0 Å². The Morgan fingerprint density at radius 3 is 2.61 bits per heavy atom. The predicted octanol–water partition coefficient (Wildman–Crippen LogP) is 3.80. The third-order valence-corrected chi connectivity index (χ3v) is 7.35. The maximum atomic E-state index is 12.0. The van der Waals surface area contributed by atoms with Gasteiger partial charge in [-0.15, -0.1) is 0 Å². The van der Waals surface area contributed by atoms with Crippen LogP contribution in [0.1, 0.15) is 6.92 Å². The smallest absolute Gasteiger partial charge is 0.205 e. The molecule has 0 N–H and O–H groups in total. The van der Waals surface area contributed by atoms with E-state index in [0.717, 1.165) is 11.6 Å². The number of nitrogens with zero attached hydrogens (tertiary/aromatic N) is 2. The molecular weight excluding hydrogens is 352 g/mol. The zero-order chi connectivity index (χ0) is 17.3. The molecule has 0 aliphatic carbocycles. The third kappa shape index (κ3) is 4.56. The number of benzene rings is 1. The summed E-state index contributed by atoms with van der Waals surface area (Å²) >= 11 is 6.17. The molecule has 0 atom stereocenters. The number of fused-ring (bicyclic) bond motifs is 1. The van der Waals surface area contributed by atoms with Gasteiger partial charge in [0, 0.05) is 14.7 Å². The highest BCUT2D eigenvalue weighted by Gasteiger charge is 2.16. The fourth-order valence-electron chi connectivity index (χ4n) is 2.10. The van der Waals surface area contributed by atoms with Gasteiger partial charge in [0.25, 0.3) is 0 Å². The van der Waals surface area contributed by atoms with Crippen molar-refractivity contribution in [1.29, 1.82) is 0 Å². The number of imidazole rings is 1. The van der Waals surface area contributed by atoms with Gasteiger partial charge in [0.1, 0.15) is 6.73 Å². The molecule has 2 rings (SSSR count). The molecule has 0 fully saturated rings. The number of rotatable bonds is 7. The van der Waals surface area contributed by atoms with Gasteiger partial charge in [-0.2, -0.15) is 0 Å². The van der Waals surface area contributed by atoms with E-state index in [1.807, 2.05) is 0 Å². The number of hydrogen-bond acceptors (Lipinski definition) is 4. The van der Waals surface area contributed by atoms with Gasteiger partial charge in [-0.3, -0.25) is 4.57 Å². The minimum atomic E-state index is -3.25. The van der Waals surface area contributed by atoms with Crippen molar-refractivity contribution in [3.05, 3.63) is 23.5 Å². The minimum absolute atomic E-state index is 0.0623. The van der Waals surface area contributed by atoms with Crippen LogP contribution < -0.4 is 0 Å². The number of hydrogen-bond donors (Lipinski definition) is 0. The van der Waals surface area contributed by atoms with Crippen molar-refractivity contribution in [2.75, 3.05) is 12.4 Å². The second kappa shape index (κ2) is 6.92. The summed E-state index contributed by atoms with van der Waals surface area (Å²) in [4.78, 5) is 4.51. The van der Waals surface area contributed by atoms with Gasteiger partial charge in [-0.25, -0.2) is 13.4 Å². The highest BCUT2D eigenvalue weighted by Crippen LogP contribution is 2.23. The van der Waals surface area contributed by atoms with Crippen LogP contribution >= 0.6 is 11.6 Å². The van der Waals surface area contributed by atoms with Crippen molar-refractivity contribution in [3.8, 4) is 0 Å². The highest BCUT2D eigenvalue weighted by molar-refractivity contribution is 7.91. The van der Waals surface area contributed by atoms with Crippen LogP contribution in [0.3, 0.4) is 0 Å². The highest BCUT2D eigenvalue weighted by atomic mass is 35.5. The van der Waals surface area contributed by atoms with Crippen LogP contribution in [0.25, 0.3) is 11.0 Å². The van der Waals surface area contributed by atoms with Crippen LogP contribution in [-0.2, 0) is 21.3 Å². The lowest BCUT2D eigenvalue weighted by molar-refractivity contribution is 0.0900. The van der Waals surface area contributed by atoms with Crippen LogP contribution in [0.15, 0.2) is 23.1 Å². The molecule has 5 nitrogen and oxygen atoms in total. The van der Waals surface area contributed by atoms with E-state index < -0.39 is 17.9 Å². The molecule has 2 aromatic rings. The second-order valence-electron chi connectivity index (χ2n) is 6.71. The summed E-state index contributed by atoms with van der Waals surface area (Å²) in [6, 6.07) is 5.98. The monoisotopic (exact) mass is 374 g/mol. The van der Waals surface area contributed by atoms with E-state index in [0.29, 0.717) is 24.1 Å². The Labute approximate surface area is 143 Å². The molecule has 1 aromatic heterocycles. The van der Waals surface area contributed by atoms with Crippen LogP contribution in [0, 0.1) is 0 Å². The standard InChI is InChI=1S/C15H23ClN2O3SSi/c1-5-22(19,20)12-6-7-14-13(10-12)17-15(16)18(14)11-21-8-9-23(2,3)4/h6-7,10H,5,8-9,11H2,1-4H3. The quantitative estimate of drug-likeness (QED) is 0.546. The zero-order valence-electron chi connectivity index (χ0n) is 14.0. The molecule has 0 spiro atoms. The third-order valence-electron chi connectivity index (χ3n) is 3.63. The van der Waals surface area contributed by atoms with Crippen LogP contribution in [0.5, 0.6) is 0 Å². The van der Waals surface area contributed by atoms with Gasteiger partial charge in [0.05, 0.1) is 21.7 Å². The summed E-state index contributed by atoms with van der Waals surface area (Å²) in [5.74, 6) is 0.0623. The average molecular weight is 375 g/mol. The largest absolute Gasteiger partial charge is 0.361 e. The van der Waals surface area contributed by atoms with Crippen molar-refractivity contribution < 1.29 is 13.2 Å². The minimum Gasteiger partial charge on any atom is -0.361 e. The topological polar surface area (TPSA) is 61.2 Å². The molecule has 0 radical (unpaired) electrons. The van der Waals surface area contributed by atoms with Crippen molar-refractivity contribution in [2.45, 2.75) is 44.2 Å². The molecule has 0 unspecified atom stereocenters. The summed E-state index contributed by atoms with van der Waals surface area (Å²) < 4.78 is 31.4. The molecule has 0 saturated carbocycles. The average Bonchev–Trinajstić information content (AvgIpc) is 2.77. The number of sulfone groups is 1. The van der Waals surface area contributed by atoms with E-state index in [4.69, 9.17) is 16.3 Å². The summed E-state index contributed by atoms with van der Waals surface area (Å²) in [5, 5.41) is 0.305. The number of halogens is 1. The second-order valence-corrected chi connectivity index (χ2v) is 14.9. The van der Waals surface area contributed by atoms with Gasteiger partial charge in [-0.05, 0) is 35.8 Å². The molecule has 0 amide bonds. The molecule has 0 aliphatic heterocycles. The van der Waals surface area contributed by atoms with Crippen molar-refractivity contribution >= 4 is 40.5 Å². The maximum Gasteiger partial charge on any atom is 0.205 e. The lowest BCUT2D eigenvalue weighted by Gasteiger charge is -2.15. The molecule has 0 aliphatic rings. The van der Waals surface area contributed by atoms with E-state index in [2.05, 4.69) is 24.6 Å². The van der Waals surface area contributed by atoms with Gasteiger partial charge >= 0.3 is 0 Å². The first-order valence-electron chi connectivity index (χ1n) is 7.60. The van der Waals surface area contributed by atoms with E-state index >= 15 is 0 Å². The molecule has 1 heterocycles. The fourth-order valence-corrected chi connectivity index (χ4v) is 3.98. The first-order valence-corrected chi connectivity index (χ1v) is 13.3.